The van der Waals surface area contributed by atoms with E-state index < -0.39 is 0 Å². The van der Waals surface area contributed by atoms with Crippen molar-refractivity contribution in [2.75, 3.05) is 6.54 Å². The first-order valence-corrected chi connectivity index (χ1v) is 6.09. The molecule has 4 nitrogen and oxygen atoms in total. The first-order chi connectivity index (χ1) is 8.78. The molecule has 1 fully saturated rings. The molecule has 1 saturated heterocycles. The fourth-order valence-electron chi connectivity index (χ4n) is 2.46. The van der Waals surface area contributed by atoms with Gasteiger partial charge >= 0.3 is 0 Å². The average molecular weight is 241 g/mol. The quantitative estimate of drug-likeness (QED) is 0.836. The summed E-state index contributed by atoms with van der Waals surface area (Å²) in [5.41, 5.74) is 2.00. The van der Waals surface area contributed by atoms with Crippen LogP contribution >= 0.6 is 0 Å². The fraction of sp³-hybridized carbons (Fsp3) is 0.286. The fourth-order valence-corrected chi connectivity index (χ4v) is 2.46. The average Bonchev–Trinajstić information content (AvgIpc) is 2.95. The largest absolute Gasteiger partial charge is 0.346 e. The molecule has 1 aliphatic heterocycles. The molecule has 1 N–H and O–H groups in total. The molecular formula is C14H15N3O. The van der Waals surface area contributed by atoms with Crippen molar-refractivity contribution < 1.29 is 4.79 Å². The SMILES string of the molecule is C=CC1CC(=O)N(Cc2c[nH]c3ncccc23)C1. The zero-order valence-electron chi connectivity index (χ0n) is 10.1. The molecule has 1 amide bonds. The van der Waals surface area contributed by atoms with Gasteiger partial charge in [0.2, 0.25) is 5.91 Å². The summed E-state index contributed by atoms with van der Waals surface area (Å²) in [5, 5.41) is 1.09. The molecule has 0 bridgehead atoms. The number of pyridine rings is 1. The number of aromatic nitrogens is 2. The molecule has 0 saturated carbocycles. The van der Waals surface area contributed by atoms with Crippen LogP contribution in [0, 0.1) is 5.92 Å². The van der Waals surface area contributed by atoms with Gasteiger partial charge in [-0.1, -0.05) is 6.08 Å². The van der Waals surface area contributed by atoms with Gasteiger partial charge in [0.1, 0.15) is 5.65 Å². The van der Waals surface area contributed by atoms with Crippen molar-refractivity contribution in [2.24, 2.45) is 5.92 Å². The molecule has 0 aliphatic carbocycles. The van der Waals surface area contributed by atoms with Crippen LogP contribution in [-0.4, -0.2) is 27.3 Å². The summed E-state index contributed by atoms with van der Waals surface area (Å²) in [7, 11) is 0. The van der Waals surface area contributed by atoms with Crippen molar-refractivity contribution in [1.29, 1.82) is 0 Å². The molecule has 2 aromatic heterocycles. The Hall–Kier alpha value is -2.10. The van der Waals surface area contributed by atoms with E-state index in [9.17, 15) is 4.79 Å². The van der Waals surface area contributed by atoms with Crippen LogP contribution in [0.5, 0.6) is 0 Å². The Bertz CT molecular complexity index is 602. The van der Waals surface area contributed by atoms with E-state index in [-0.39, 0.29) is 5.91 Å². The van der Waals surface area contributed by atoms with Crippen molar-refractivity contribution in [3.8, 4) is 0 Å². The highest BCUT2D eigenvalue weighted by Gasteiger charge is 2.27. The van der Waals surface area contributed by atoms with Gasteiger partial charge in [-0.15, -0.1) is 6.58 Å². The Balaban J connectivity index is 1.85. The van der Waals surface area contributed by atoms with Gasteiger partial charge in [-0.2, -0.15) is 0 Å². The topological polar surface area (TPSA) is 49.0 Å². The summed E-state index contributed by atoms with van der Waals surface area (Å²) < 4.78 is 0. The lowest BCUT2D eigenvalue weighted by Gasteiger charge is -2.15. The van der Waals surface area contributed by atoms with E-state index in [1.165, 1.54) is 0 Å². The summed E-state index contributed by atoms with van der Waals surface area (Å²) in [5.74, 6) is 0.499. The predicted octanol–water partition coefficient (Wildman–Crippen LogP) is 2.10. The number of nitrogens with zero attached hydrogens (tertiary/aromatic N) is 2. The van der Waals surface area contributed by atoms with Crippen LogP contribution in [0.2, 0.25) is 0 Å². The molecule has 2 aromatic rings. The first kappa shape index (κ1) is 11.0. The monoisotopic (exact) mass is 241 g/mol. The summed E-state index contributed by atoms with van der Waals surface area (Å²) in [6.07, 6.45) is 6.16. The van der Waals surface area contributed by atoms with E-state index in [1.54, 1.807) is 6.20 Å². The van der Waals surface area contributed by atoms with Crippen LogP contribution in [0.3, 0.4) is 0 Å². The van der Waals surface area contributed by atoms with Gasteiger partial charge < -0.3 is 9.88 Å². The third-order valence-electron chi connectivity index (χ3n) is 3.48. The van der Waals surface area contributed by atoms with E-state index in [4.69, 9.17) is 0 Å². The summed E-state index contributed by atoms with van der Waals surface area (Å²) >= 11 is 0. The maximum Gasteiger partial charge on any atom is 0.223 e. The normalized spacial score (nSPS) is 19.7. The maximum absolute atomic E-state index is 11.9. The van der Waals surface area contributed by atoms with E-state index in [0.717, 1.165) is 23.1 Å². The van der Waals surface area contributed by atoms with Crippen LogP contribution < -0.4 is 0 Å². The number of nitrogens with one attached hydrogen (secondary N) is 1. The molecule has 0 spiro atoms. The van der Waals surface area contributed by atoms with Crippen LogP contribution in [0.1, 0.15) is 12.0 Å². The van der Waals surface area contributed by atoms with Crippen LogP contribution in [-0.2, 0) is 11.3 Å². The number of amides is 1. The summed E-state index contributed by atoms with van der Waals surface area (Å²) in [4.78, 5) is 21.1. The minimum atomic E-state index is 0.207. The smallest absolute Gasteiger partial charge is 0.223 e. The van der Waals surface area contributed by atoms with Gasteiger partial charge in [-0.05, 0) is 17.7 Å². The first-order valence-electron chi connectivity index (χ1n) is 6.09. The second-order valence-corrected chi connectivity index (χ2v) is 4.69. The number of hydrogen-bond acceptors (Lipinski definition) is 2. The minimum absolute atomic E-state index is 0.207. The van der Waals surface area contributed by atoms with E-state index in [0.29, 0.717) is 18.9 Å². The summed E-state index contributed by atoms with van der Waals surface area (Å²) in [6, 6.07) is 3.94. The second-order valence-electron chi connectivity index (χ2n) is 4.69. The highest BCUT2D eigenvalue weighted by Crippen LogP contribution is 2.23. The number of carbonyl (C=O) groups is 1. The number of carbonyl (C=O) groups excluding carboxylic acids is 1. The Morgan fingerprint density at radius 1 is 1.61 bits per heavy atom. The van der Waals surface area contributed by atoms with E-state index >= 15 is 0 Å². The molecule has 3 heterocycles. The Morgan fingerprint density at radius 3 is 3.28 bits per heavy atom. The van der Waals surface area contributed by atoms with Gasteiger partial charge in [-0.3, -0.25) is 4.79 Å². The zero-order chi connectivity index (χ0) is 12.5. The molecule has 3 rings (SSSR count). The molecule has 18 heavy (non-hydrogen) atoms. The Kier molecular flexibility index (Phi) is 2.63. The van der Waals surface area contributed by atoms with Crippen molar-refractivity contribution in [2.45, 2.75) is 13.0 Å². The third-order valence-corrected chi connectivity index (χ3v) is 3.48. The number of likely N-dealkylation sites (tertiary alicyclic amines) is 1. The van der Waals surface area contributed by atoms with E-state index in [2.05, 4.69) is 16.5 Å². The van der Waals surface area contributed by atoms with Gasteiger partial charge in [0.25, 0.3) is 0 Å². The number of hydrogen-bond donors (Lipinski definition) is 1. The zero-order valence-corrected chi connectivity index (χ0v) is 10.1. The van der Waals surface area contributed by atoms with Gasteiger partial charge in [0, 0.05) is 43.2 Å². The van der Waals surface area contributed by atoms with Crippen molar-refractivity contribution in [3.63, 3.8) is 0 Å². The lowest BCUT2D eigenvalue weighted by molar-refractivity contribution is -0.128. The molecular weight excluding hydrogens is 226 g/mol. The Labute approximate surface area is 105 Å². The molecule has 1 atom stereocenters. The van der Waals surface area contributed by atoms with Crippen LogP contribution in [0.25, 0.3) is 11.0 Å². The third kappa shape index (κ3) is 1.79. The number of fused-ring (bicyclic) bond motifs is 1. The lowest BCUT2D eigenvalue weighted by Crippen LogP contribution is -2.24. The molecule has 0 radical (unpaired) electrons. The van der Waals surface area contributed by atoms with Gasteiger partial charge in [-0.25, -0.2) is 4.98 Å². The number of H-pyrrole nitrogens is 1. The maximum atomic E-state index is 11.9. The Morgan fingerprint density at radius 2 is 2.50 bits per heavy atom. The summed E-state index contributed by atoms with van der Waals surface area (Å²) in [6.45, 7) is 5.18. The van der Waals surface area contributed by atoms with Crippen molar-refractivity contribution in [3.05, 3.63) is 42.7 Å². The standard InChI is InChI=1S/C14H15N3O/c1-2-10-6-13(18)17(8-10)9-11-7-16-14-12(11)4-3-5-15-14/h2-5,7,10H,1,6,8-9H2,(H,15,16). The second kappa shape index (κ2) is 4.29. The van der Waals surface area contributed by atoms with Crippen LogP contribution in [0.15, 0.2) is 37.2 Å². The molecule has 4 heteroatoms. The highest BCUT2D eigenvalue weighted by atomic mass is 16.2. The van der Waals surface area contributed by atoms with Gasteiger partial charge in [0.05, 0.1) is 0 Å². The lowest BCUT2D eigenvalue weighted by atomic mass is 10.1. The van der Waals surface area contributed by atoms with Gasteiger partial charge in [0.15, 0.2) is 0 Å². The molecule has 1 aliphatic rings. The van der Waals surface area contributed by atoms with Crippen LogP contribution in [0.4, 0.5) is 0 Å². The highest BCUT2D eigenvalue weighted by molar-refractivity contribution is 5.82. The molecule has 1 unspecified atom stereocenters. The number of aromatic amines is 1. The molecule has 0 aromatic carbocycles. The minimum Gasteiger partial charge on any atom is -0.346 e. The van der Waals surface area contributed by atoms with Crippen molar-refractivity contribution in [1.82, 2.24) is 14.9 Å². The van der Waals surface area contributed by atoms with E-state index in [1.807, 2.05) is 29.3 Å². The number of rotatable bonds is 3. The van der Waals surface area contributed by atoms with Crippen molar-refractivity contribution >= 4 is 16.9 Å². The predicted molar refractivity (Wildman–Crippen MR) is 69.8 cm³/mol. The molecule has 92 valence electrons.